The van der Waals surface area contributed by atoms with Gasteiger partial charge in [-0.05, 0) is 206 Å². The van der Waals surface area contributed by atoms with Crippen molar-refractivity contribution < 1.29 is 26.9 Å². The number of aromatic nitrogens is 5. The van der Waals surface area contributed by atoms with Crippen LogP contribution in [-0.4, -0.2) is 58.5 Å². The average molecular weight is 1550 g/mol. The van der Waals surface area contributed by atoms with Crippen LogP contribution in [0.3, 0.4) is 0 Å². The fourth-order valence-electron chi connectivity index (χ4n) is 10.6. The monoisotopic (exact) mass is 1540 g/mol. The Hall–Kier alpha value is -8.47. The van der Waals surface area contributed by atoms with Crippen molar-refractivity contribution in [2.45, 2.75) is 35.7 Å². The lowest BCUT2D eigenvalue weighted by molar-refractivity contribution is 0.425. The van der Waals surface area contributed by atoms with Gasteiger partial charge in [-0.3, -0.25) is 0 Å². The Morgan fingerprint density at radius 1 is 0.394 bits per heavy atom. The minimum atomic E-state index is -3.70. The molecule has 0 saturated carbocycles. The first-order valence-corrected chi connectivity index (χ1v) is 36.1. The van der Waals surface area contributed by atoms with E-state index in [-0.39, 0.29) is 25.8 Å². The molecule has 1 aliphatic rings. The molecule has 9 aromatic carbocycles. The van der Waals surface area contributed by atoms with Crippen LogP contribution in [0.2, 0.25) is 0 Å². The summed E-state index contributed by atoms with van der Waals surface area (Å²) in [5.74, 6) is 0.145. The number of para-hydroxylation sites is 2. The number of hydrogen-bond donors (Lipinski definition) is 2. The molecular weight excluding hydrogens is 1490 g/mol. The summed E-state index contributed by atoms with van der Waals surface area (Å²) in [6.45, 7) is 0. The normalized spacial score (nSPS) is 11.5. The zero-order valence-electron chi connectivity index (χ0n) is 49.6. The summed E-state index contributed by atoms with van der Waals surface area (Å²) in [4.78, 5) is 18.5. The van der Waals surface area contributed by atoms with Gasteiger partial charge in [-0.25, -0.2) is 36.8 Å². The summed E-state index contributed by atoms with van der Waals surface area (Å²) in [7, 11) is -8.64. The van der Waals surface area contributed by atoms with Gasteiger partial charge in [0.1, 0.15) is 23.4 Å². The highest BCUT2D eigenvalue weighted by molar-refractivity contribution is 9.11. The third kappa shape index (κ3) is 16.2. The molecule has 0 fully saturated rings. The molecule has 1 aliphatic carbocycles. The molecule has 14 aromatic rings. The van der Waals surface area contributed by atoms with E-state index in [4.69, 9.17) is 0 Å². The number of nitrogens with zero attached hydrogens (tertiary/aromatic N) is 5. The Balaban J connectivity index is 0.000000130. The smallest absolute Gasteiger partial charge is 0.423 e. The number of halogens is 4. The second-order valence-corrected chi connectivity index (χ2v) is 29.0. The van der Waals surface area contributed by atoms with E-state index in [2.05, 4.69) is 203 Å². The number of benzene rings is 9. The summed E-state index contributed by atoms with van der Waals surface area (Å²) in [6.07, 6.45) is 0. The number of rotatable bonds is 10. The molecular formula is C75H54BBr4N5O6S3. The van der Waals surface area contributed by atoms with Crippen molar-refractivity contribution in [1.82, 2.24) is 24.5 Å². The van der Waals surface area contributed by atoms with Crippen LogP contribution in [-0.2, 0) is 19.7 Å². The van der Waals surface area contributed by atoms with Crippen molar-refractivity contribution >= 4 is 130 Å². The molecule has 0 spiro atoms. The highest BCUT2D eigenvalue weighted by Crippen LogP contribution is 2.47. The molecule has 19 heteroatoms. The minimum absolute atomic E-state index is 0.0402. The predicted molar refractivity (Wildman–Crippen MR) is 391 cm³/mol. The Morgan fingerprint density at radius 2 is 0.840 bits per heavy atom. The highest BCUT2D eigenvalue weighted by Gasteiger charge is 2.30. The van der Waals surface area contributed by atoms with Crippen molar-refractivity contribution in [2.24, 2.45) is 0 Å². The molecule has 464 valence electrons. The van der Waals surface area contributed by atoms with Gasteiger partial charge in [-0.15, -0.1) is 0 Å². The number of sulfone groups is 2. The lowest BCUT2D eigenvalue weighted by Gasteiger charge is -2.15. The summed E-state index contributed by atoms with van der Waals surface area (Å²) in [6, 6.07) is 97.6. The third-order valence-corrected chi connectivity index (χ3v) is 20.8. The molecule has 11 nitrogen and oxygen atoms in total. The maximum atomic E-state index is 13.1. The van der Waals surface area contributed by atoms with Crippen LogP contribution < -0.4 is 5.46 Å². The van der Waals surface area contributed by atoms with E-state index >= 15 is 0 Å². The van der Waals surface area contributed by atoms with Gasteiger partial charge in [0.2, 0.25) is 19.7 Å². The van der Waals surface area contributed by atoms with Crippen molar-refractivity contribution in [3.8, 4) is 28.1 Å². The van der Waals surface area contributed by atoms with Crippen LogP contribution in [0.25, 0.3) is 49.9 Å². The average Bonchev–Trinajstić information content (AvgIpc) is 1.61. The molecule has 5 heterocycles. The van der Waals surface area contributed by atoms with Gasteiger partial charge in [0.15, 0.2) is 10.1 Å². The molecule has 0 atom stereocenters. The van der Waals surface area contributed by atoms with Crippen molar-refractivity contribution in [1.29, 1.82) is 0 Å². The van der Waals surface area contributed by atoms with Gasteiger partial charge < -0.3 is 14.6 Å². The van der Waals surface area contributed by atoms with Gasteiger partial charge in [0.05, 0.1) is 26.5 Å². The molecule has 15 rings (SSSR count). The molecule has 0 unspecified atom stereocenters. The zero-order valence-corrected chi connectivity index (χ0v) is 58.4. The van der Waals surface area contributed by atoms with Gasteiger partial charge in [0.25, 0.3) is 0 Å². The maximum Gasteiger partial charge on any atom is 0.488 e. The van der Waals surface area contributed by atoms with Gasteiger partial charge in [-0.2, -0.15) is 0 Å². The molecule has 2 N–H and O–H groups in total. The summed E-state index contributed by atoms with van der Waals surface area (Å²) in [5, 5.41) is 22.4. The SMILES string of the molecule is Brc1cccc(Br)n1.Brc1cccc(Sc2ccccc2)n1.O=S(=O)(c1ccccc1)c1cccc(-c2cccc(-n3c4ccccc4c4ccccc43)c2)n1.O=S(=O)(c1ccccc1)c1cccc(Br)n1.OB(O)c1cccc(C2c3ccccc3-c3ccccc32)c1. The van der Waals surface area contributed by atoms with Gasteiger partial charge >= 0.3 is 7.12 Å². The van der Waals surface area contributed by atoms with Crippen LogP contribution in [0.4, 0.5) is 0 Å². The van der Waals surface area contributed by atoms with Crippen molar-refractivity contribution in [3.05, 3.63) is 344 Å². The number of fused-ring (bicyclic) bond motifs is 6. The zero-order chi connectivity index (χ0) is 65.6. The lowest BCUT2D eigenvalue weighted by atomic mass is 9.77. The van der Waals surface area contributed by atoms with Gasteiger partial charge in [-0.1, -0.05) is 212 Å². The minimum Gasteiger partial charge on any atom is -0.423 e. The van der Waals surface area contributed by atoms with Crippen LogP contribution in [0, 0.1) is 0 Å². The quantitative estimate of drug-likeness (QED) is 0.0989. The molecule has 0 amide bonds. The van der Waals surface area contributed by atoms with Gasteiger partial charge in [0, 0.05) is 32.8 Å². The molecule has 94 heavy (non-hydrogen) atoms. The first-order valence-electron chi connectivity index (χ1n) is 29.2. The first-order chi connectivity index (χ1) is 45.6. The molecule has 0 saturated heterocycles. The predicted octanol–water partition coefficient (Wildman–Crippen LogP) is 18.5. The maximum absolute atomic E-state index is 13.1. The van der Waals surface area contributed by atoms with Crippen LogP contribution in [0.5, 0.6) is 0 Å². The molecule has 0 bridgehead atoms. The van der Waals surface area contributed by atoms with E-state index in [9.17, 15) is 26.9 Å². The van der Waals surface area contributed by atoms with Crippen molar-refractivity contribution in [2.75, 3.05) is 0 Å². The first kappa shape index (κ1) is 67.0. The van der Waals surface area contributed by atoms with Crippen LogP contribution >= 0.6 is 75.5 Å². The van der Waals surface area contributed by atoms with E-state index in [0.717, 1.165) is 46.7 Å². The van der Waals surface area contributed by atoms with E-state index in [1.165, 1.54) is 44.0 Å². The Kier molecular flexibility index (Phi) is 22.2. The van der Waals surface area contributed by atoms with E-state index < -0.39 is 26.8 Å². The number of pyridine rings is 4. The lowest BCUT2D eigenvalue weighted by Crippen LogP contribution is -2.30. The fourth-order valence-corrected chi connectivity index (χ4v) is 15.7. The topological polar surface area (TPSA) is 165 Å². The standard InChI is InChI=1S/C29H20N2O2S.C19H15BO2.C11H8BrNO2S.C11H8BrNS.C5H3Br2N/c32-34(33,23-12-2-1-3-13-23)29-19-9-16-26(30-29)21-10-8-11-22(20-21)31-27-17-6-4-14-24(27)25-15-5-7-18-28(25)31;21-20(22)14-7-5-6-13(12-14)19-17-10-3-1-8-15(17)16-9-2-4-11-18(16)19;12-10-7-4-8-11(13-10)16(14,15)9-5-2-1-3-6-9;12-10-7-4-8-11(13-10)14-9-5-2-1-3-6-9;6-4-2-1-3-5(7)8-4/h1-20H;1-12,19,21-22H;1-8H;1-8H;1-3H. The second kappa shape index (κ2) is 31.2. The Labute approximate surface area is 583 Å². The largest absolute Gasteiger partial charge is 0.488 e. The van der Waals surface area contributed by atoms with E-state index in [0.29, 0.717) is 15.8 Å². The summed E-state index contributed by atoms with van der Waals surface area (Å²) in [5.41, 5.74) is 11.4. The third-order valence-electron chi connectivity index (χ3n) is 14.8. The summed E-state index contributed by atoms with van der Waals surface area (Å²) < 4.78 is 55.7. The van der Waals surface area contributed by atoms with E-state index in [1.54, 1.807) is 103 Å². The van der Waals surface area contributed by atoms with Crippen LogP contribution in [0.15, 0.2) is 358 Å². The Morgan fingerprint density at radius 3 is 1.37 bits per heavy atom. The second-order valence-electron chi connectivity index (χ2n) is 20.9. The highest BCUT2D eigenvalue weighted by atomic mass is 79.9. The molecule has 0 radical (unpaired) electrons. The Bertz CT molecular complexity index is 5060. The summed E-state index contributed by atoms with van der Waals surface area (Å²) >= 11 is 14.6. The molecule has 0 aliphatic heterocycles. The van der Waals surface area contributed by atoms with Crippen molar-refractivity contribution in [3.63, 3.8) is 0 Å². The molecule has 5 aromatic heterocycles. The fraction of sp³-hybridized carbons (Fsp3) is 0.0133. The van der Waals surface area contributed by atoms with Crippen LogP contribution in [0.1, 0.15) is 22.6 Å². The van der Waals surface area contributed by atoms with E-state index in [1.807, 2.05) is 97.1 Å². The number of hydrogen-bond acceptors (Lipinski definition) is 11.